The predicted molar refractivity (Wildman–Crippen MR) is 189 cm³/mol. The summed E-state index contributed by atoms with van der Waals surface area (Å²) in [5.41, 5.74) is 10.9. The molecule has 0 radical (unpaired) electrons. The molecule has 5 aromatic rings. The van der Waals surface area contributed by atoms with Gasteiger partial charge in [-0.25, -0.2) is 0 Å². The Morgan fingerprint density at radius 3 is 1.05 bits per heavy atom. The minimum atomic E-state index is -0.218. The van der Waals surface area contributed by atoms with Gasteiger partial charge < -0.3 is 10.6 Å². The average Bonchev–Trinajstić information content (AvgIpc) is 2.96. The molecule has 0 aliphatic heterocycles. The highest BCUT2D eigenvalue weighted by molar-refractivity contribution is 7.80. The van der Waals surface area contributed by atoms with E-state index in [4.69, 9.17) is 0 Å². The van der Waals surface area contributed by atoms with Crippen LogP contribution in [0, 0.1) is 41.5 Å². The van der Waals surface area contributed by atoms with Gasteiger partial charge in [-0.05, 0) is 88.1 Å². The SMILES string of the molecule is Cc1cc(C)c(Nc2cc(S)cc3c2C(=O)c2cc(S)cc(Nc4c(C)cc(C)cc4C)c2C3=O)c(C)c1.c1ccccc1. The first-order valence-corrected chi connectivity index (χ1v) is 15.4. The van der Waals surface area contributed by atoms with Gasteiger partial charge in [0.15, 0.2) is 11.6 Å². The van der Waals surface area contributed by atoms with Crippen molar-refractivity contribution in [2.24, 2.45) is 0 Å². The predicted octanol–water partition coefficient (Wildman–Crippen LogP) is 10.1. The molecule has 6 heteroatoms. The minimum absolute atomic E-state index is 0.218. The second kappa shape index (κ2) is 12.8. The topological polar surface area (TPSA) is 58.2 Å². The second-order valence-corrected chi connectivity index (χ2v) is 12.5. The molecule has 1 aliphatic rings. The van der Waals surface area contributed by atoms with Gasteiger partial charge in [-0.3, -0.25) is 9.59 Å². The fraction of sp³-hybridized carbons (Fsp3) is 0.158. The summed E-state index contributed by atoms with van der Waals surface area (Å²) in [4.78, 5) is 29.3. The van der Waals surface area contributed by atoms with E-state index >= 15 is 0 Å². The Balaban J connectivity index is 0.000000573. The number of ketones is 2. The Morgan fingerprint density at radius 1 is 0.455 bits per heavy atom. The van der Waals surface area contributed by atoms with Gasteiger partial charge in [-0.1, -0.05) is 71.8 Å². The summed E-state index contributed by atoms with van der Waals surface area (Å²) in [7, 11) is 0. The zero-order valence-corrected chi connectivity index (χ0v) is 27.6. The van der Waals surface area contributed by atoms with E-state index in [1.54, 1.807) is 24.3 Å². The van der Waals surface area contributed by atoms with Gasteiger partial charge in [0, 0.05) is 32.3 Å². The maximum absolute atomic E-state index is 14.1. The smallest absolute Gasteiger partial charge is 0.196 e. The first kappa shape index (κ1) is 31.2. The van der Waals surface area contributed by atoms with E-state index in [0.717, 1.165) is 44.8 Å². The Hall–Kier alpha value is -4.26. The van der Waals surface area contributed by atoms with E-state index in [2.05, 4.69) is 74.0 Å². The van der Waals surface area contributed by atoms with Crippen LogP contribution in [0.3, 0.4) is 0 Å². The monoisotopic (exact) mass is 616 g/mol. The molecular formula is C38H36N2O2S2. The Bertz CT molecular complexity index is 1730. The number of nitrogens with one attached hydrogen (secondary N) is 2. The van der Waals surface area contributed by atoms with Crippen LogP contribution in [0.4, 0.5) is 22.7 Å². The number of fused-ring (bicyclic) bond motifs is 2. The lowest BCUT2D eigenvalue weighted by molar-refractivity contribution is 0.0980. The Kier molecular flexibility index (Phi) is 9.05. The van der Waals surface area contributed by atoms with E-state index < -0.39 is 0 Å². The van der Waals surface area contributed by atoms with Crippen LogP contribution in [0.15, 0.2) is 94.7 Å². The number of anilines is 4. The van der Waals surface area contributed by atoms with Crippen molar-refractivity contribution in [3.8, 4) is 0 Å². The lowest BCUT2D eigenvalue weighted by Crippen LogP contribution is -2.24. The van der Waals surface area contributed by atoms with Crippen LogP contribution in [-0.2, 0) is 0 Å². The number of hydrogen-bond donors (Lipinski definition) is 4. The van der Waals surface area contributed by atoms with E-state index in [1.807, 2.05) is 64.1 Å². The molecule has 4 nitrogen and oxygen atoms in total. The zero-order chi connectivity index (χ0) is 31.7. The molecule has 44 heavy (non-hydrogen) atoms. The van der Waals surface area contributed by atoms with Crippen molar-refractivity contribution in [3.05, 3.63) is 141 Å². The van der Waals surface area contributed by atoms with Crippen molar-refractivity contribution >= 4 is 59.6 Å². The van der Waals surface area contributed by atoms with E-state index in [-0.39, 0.29) is 11.6 Å². The van der Waals surface area contributed by atoms with E-state index in [9.17, 15) is 9.59 Å². The van der Waals surface area contributed by atoms with Crippen LogP contribution >= 0.6 is 25.3 Å². The normalized spacial score (nSPS) is 11.7. The highest BCUT2D eigenvalue weighted by Gasteiger charge is 2.35. The largest absolute Gasteiger partial charge is 0.354 e. The van der Waals surface area contributed by atoms with E-state index in [1.165, 1.54) is 0 Å². The quantitative estimate of drug-likeness (QED) is 0.149. The third-order valence-corrected chi connectivity index (χ3v) is 8.25. The summed E-state index contributed by atoms with van der Waals surface area (Å²) in [6.45, 7) is 12.2. The van der Waals surface area contributed by atoms with Gasteiger partial charge in [-0.2, -0.15) is 0 Å². The van der Waals surface area contributed by atoms with Crippen LogP contribution in [0.25, 0.3) is 0 Å². The molecule has 0 fully saturated rings. The molecule has 0 spiro atoms. The summed E-state index contributed by atoms with van der Waals surface area (Å²) < 4.78 is 0. The molecular weight excluding hydrogens is 581 g/mol. The van der Waals surface area contributed by atoms with Crippen LogP contribution in [0.5, 0.6) is 0 Å². The summed E-state index contributed by atoms with van der Waals surface area (Å²) in [5.74, 6) is -0.437. The molecule has 0 saturated heterocycles. The first-order chi connectivity index (χ1) is 20.9. The van der Waals surface area contributed by atoms with Gasteiger partial charge in [0.25, 0.3) is 0 Å². The third kappa shape index (κ3) is 6.33. The molecule has 0 saturated carbocycles. The van der Waals surface area contributed by atoms with Crippen LogP contribution < -0.4 is 10.6 Å². The number of carbonyl (C=O) groups excluding carboxylic acids is 2. The van der Waals surface area contributed by atoms with Crippen molar-refractivity contribution in [2.45, 2.75) is 51.3 Å². The molecule has 0 aromatic heterocycles. The molecule has 222 valence electrons. The van der Waals surface area contributed by atoms with E-state index in [0.29, 0.717) is 43.4 Å². The molecule has 6 rings (SSSR count). The van der Waals surface area contributed by atoms with Crippen molar-refractivity contribution < 1.29 is 9.59 Å². The summed E-state index contributed by atoms with van der Waals surface area (Å²) in [5, 5.41) is 6.90. The highest BCUT2D eigenvalue weighted by Crippen LogP contribution is 2.41. The molecule has 0 unspecified atom stereocenters. The molecule has 5 aromatic carbocycles. The first-order valence-electron chi connectivity index (χ1n) is 14.5. The lowest BCUT2D eigenvalue weighted by Gasteiger charge is -2.25. The fourth-order valence-corrected chi connectivity index (χ4v) is 6.49. The number of hydrogen-bond acceptors (Lipinski definition) is 6. The minimum Gasteiger partial charge on any atom is -0.354 e. The summed E-state index contributed by atoms with van der Waals surface area (Å²) >= 11 is 9.18. The standard InChI is InChI=1S/C32H30N2O2S2.C6H6/c1-15-7-17(3)29(18(4)8-15)33-25-13-21(37)11-23-27(25)31(35)24-12-22(38)14-26(28(24)32(23)36)34-30-19(5)9-16(2)10-20(30)6;1-2-4-6-5-3-1/h7-14,33-34,37-38H,1-6H3;1-6H. The van der Waals surface area contributed by atoms with Gasteiger partial charge in [-0.15, -0.1) is 25.3 Å². The molecule has 0 heterocycles. The van der Waals surface area contributed by atoms with Crippen LogP contribution in [-0.4, -0.2) is 11.6 Å². The summed E-state index contributed by atoms with van der Waals surface area (Å²) in [6, 6.07) is 27.3. The Labute approximate surface area is 270 Å². The molecule has 1 aliphatic carbocycles. The van der Waals surface area contributed by atoms with Gasteiger partial charge >= 0.3 is 0 Å². The highest BCUT2D eigenvalue weighted by atomic mass is 32.1. The third-order valence-electron chi connectivity index (χ3n) is 7.73. The van der Waals surface area contributed by atoms with Crippen LogP contribution in [0.1, 0.15) is 65.2 Å². The molecule has 2 N–H and O–H groups in total. The van der Waals surface area contributed by atoms with Crippen LogP contribution in [0.2, 0.25) is 0 Å². The number of thiol groups is 2. The number of benzene rings is 5. The fourth-order valence-electron chi connectivity index (χ4n) is 5.98. The average molecular weight is 617 g/mol. The molecule has 0 bridgehead atoms. The summed E-state index contributed by atoms with van der Waals surface area (Å²) in [6.07, 6.45) is 0. The maximum atomic E-state index is 14.1. The number of aryl methyl sites for hydroxylation is 6. The van der Waals surface area contributed by atoms with Gasteiger partial charge in [0.05, 0.1) is 22.5 Å². The molecule has 0 amide bonds. The lowest BCUT2D eigenvalue weighted by atomic mass is 9.82. The van der Waals surface area contributed by atoms with Crippen molar-refractivity contribution in [1.82, 2.24) is 0 Å². The number of carbonyl (C=O) groups is 2. The number of rotatable bonds is 4. The zero-order valence-electron chi connectivity index (χ0n) is 25.8. The second-order valence-electron chi connectivity index (χ2n) is 11.4. The Morgan fingerprint density at radius 2 is 0.750 bits per heavy atom. The van der Waals surface area contributed by atoms with Crippen molar-refractivity contribution in [3.63, 3.8) is 0 Å². The van der Waals surface area contributed by atoms with Gasteiger partial charge in [0.2, 0.25) is 0 Å². The van der Waals surface area contributed by atoms with Crippen molar-refractivity contribution in [1.29, 1.82) is 0 Å². The molecule has 0 atom stereocenters. The maximum Gasteiger partial charge on any atom is 0.196 e. The van der Waals surface area contributed by atoms with Gasteiger partial charge in [0.1, 0.15) is 0 Å². The van der Waals surface area contributed by atoms with Crippen molar-refractivity contribution in [2.75, 3.05) is 10.6 Å².